The van der Waals surface area contributed by atoms with Crippen LogP contribution in [0.5, 0.6) is 0 Å². The number of aryl methyl sites for hydroxylation is 1. The number of nitrogen functional groups attached to an aromatic ring is 1. The Labute approximate surface area is 208 Å². The van der Waals surface area contributed by atoms with Crippen molar-refractivity contribution >= 4 is 51.9 Å². The number of β-lactam (4-membered cyclic amide) rings is 1. The molecule has 3 aliphatic rings. The van der Waals surface area contributed by atoms with Gasteiger partial charge in [-0.15, -0.1) is 11.8 Å². The predicted octanol–water partition coefficient (Wildman–Crippen LogP) is -1.65. The standard InChI is InChI=1S/C21H21N7O5S2/c1-33-25-13(16-24-21(22)35-26-16)17(29)23-14-18(30)28-15(20(31)32)11(9-34-19(14)28)8-27-7-3-5-10-4-2-6-12(10)27/h3,5,7,14,19H,2,4,6,8-9H2,1H3,(H3-,22,23,24,26,29,31,32)/b25-13-/t14-,19-/m1/s1. The minimum Gasteiger partial charge on any atom is -0.543 e. The number of hydrogen-bond donors (Lipinski definition) is 2. The number of hydrogen-bond acceptors (Lipinski definition) is 11. The van der Waals surface area contributed by atoms with Gasteiger partial charge in [0, 0.05) is 40.9 Å². The molecule has 1 saturated heterocycles. The molecule has 2 atom stereocenters. The number of pyridine rings is 1. The van der Waals surface area contributed by atoms with Gasteiger partial charge < -0.3 is 25.8 Å². The first-order valence-corrected chi connectivity index (χ1v) is 12.6. The highest BCUT2D eigenvalue weighted by Crippen LogP contribution is 2.40. The molecule has 4 heterocycles. The number of aliphatic carboxylic acids is 1. The van der Waals surface area contributed by atoms with Gasteiger partial charge in [-0.3, -0.25) is 14.5 Å². The molecule has 0 radical (unpaired) electrons. The molecular formula is C21H21N7O5S2. The number of rotatable bonds is 7. The van der Waals surface area contributed by atoms with E-state index in [9.17, 15) is 19.5 Å². The van der Waals surface area contributed by atoms with E-state index in [1.807, 2.05) is 16.8 Å². The number of anilines is 1. The lowest BCUT2D eigenvalue weighted by Crippen LogP contribution is -2.71. The molecule has 35 heavy (non-hydrogen) atoms. The molecule has 12 nitrogen and oxygen atoms in total. The summed E-state index contributed by atoms with van der Waals surface area (Å²) in [6.45, 7) is 0.356. The number of nitrogens with zero attached hydrogens (tertiary/aromatic N) is 5. The van der Waals surface area contributed by atoms with Crippen LogP contribution in [-0.2, 0) is 38.6 Å². The third-order valence-corrected chi connectivity index (χ3v) is 7.96. The molecule has 14 heteroatoms. The Morgan fingerprint density at radius 2 is 2.26 bits per heavy atom. The van der Waals surface area contributed by atoms with E-state index >= 15 is 0 Å². The average Bonchev–Trinajstić information content (AvgIpc) is 3.49. The molecule has 0 bridgehead atoms. The van der Waals surface area contributed by atoms with Crippen LogP contribution in [0.4, 0.5) is 5.13 Å². The number of carbonyl (C=O) groups is 3. The first-order chi connectivity index (χ1) is 16.9. The van der Waals surface area contributed by atoms with Gasteiger partial charge in [0.05, 0.1) is 11.7 Å². The van der Waals surface area contributed by atoms with Crippen LogP contribution in [0.25, 0.3) is 0 Å². The van der Waals surface area contributed by atoms with Crippen molar-refractivity contribution in [1.82, 2.24) is 19.6 Å². The van der Waals surface area contributed by atoms with Crippen molar-refractivity contribution in [2.45, 2.75) is 37.2 Å². The maximum atomic E-state index is 13.0. The first kappa shape index (κ1) is 23.2. The quantitative estimate of drug-likeness (QED) is 0.190. The van der Waals surface area contributed by atoms with E-state index in [-0.39, 0.29) is 22.4 Å². The van der Waals surface area contributed by atoms with Crippen LogP contribution >= 0.6 is 23.3 Å². The van der Waals surface area contributed by atoms with Crippen LogP contribution in [0.3, 0.4) is 0 Å². The van der Waals surface area contributed by atoms with Crippen LogP contribution in [0.1, 0.15) is 23.5 Å². The second-order valence-electron chi connectivity index (χ2n) is 8.14. The van der Waals surface area contributed by atoms with E-state index in [1.165, 1.54) is 35.0 Å². The van der Waals surface area contributed by atoms with Crippen molar-refractivity contribution < 1.29 is 28.9 Å². The van der Waals surface area contributed by atoms with E-state index < -0.39 is 29.2 Å². The molecule has 5 rings (SSSR count). The minimum atomic E-state index is -1.42. The summed E-state index contributed by atoms with van der Waals surface area (Å²) in [5.41, 5.74) is 8.26. The van der Waals surface area contributed by atoms with E-state index in [0.29, 0.717) is 17.9 Å². The molecule has 0 aromatic carbocycles. The first-order valence-electron chi connectivity index (χ1n) is 10.8. The molecule has 2 amide bonds. The van der Waals surface area contributed by atoms with Crippen molar-refractivity contribution in [2.24, 2.45) is 5.16 Å². The number of nitrogens with one attached hydrogen (secondary N) is 1. The number of aromatic nitrogens is 3. The minimum absolute atomic E-state index is 0.0307. The summed E-state index contributed by atoms with van der Waals surface area (Å²) in [4.78, 5) is 47.8. The summed E-state index contributed by atoms with van der Waals surface area (Å²) < 4.78 is 6.00. The number of nitrogens with two attached hydrogens (primary N) is 1. The van der Waals surface area contributed by atoms with Crippen LogP contribution < -0.4 is 20.7 Å². The Balaban J connectivity index is 1.36. The maximum absolute atomic E-state index is 13.0. The topological polar surface area (TPSA) is 167 Å². The molecular weight excluding hydrogens is 494 g/mol. The molecule has 0 spiro atoms. The number of carboxylic acid groups (broad SMARTS) is 1. The number of fused-ring (bicyclic) bond motifs is 2. The average molecular weight is 516 g/mol. The molecule has 2 aromatic heterocycles. The Kier molecular flexibility index (Phi) is 6.15. The second-order valence-corrected chi connectivity index (χ2v) is 10.0. The smallest absolute Gasteiger partial charge is 0.278 e. The van der Waals surface area contributed by atoms with Gasteiger partial charge in [0.2, 0.25) is 11.5 Å². The zero-order valence-electron chi connectivity index (χ0n) is 18.6. The predicted molar refractivity (Wildman–Crippen MR) is 124 cm³/mol. The summed E-state index contributed by atoms with van der Waals surface area (Å²) in [5.74, 6) is -2.34. The number of amides is 2. The lowest BCUT2D eigenvalue weighted by atomic mass is 10.0. The van der Waals surface area contributed by atoms with Crippen LogP contribution in [-0.4, -0.2) is 62.0 Å². The van der Waals surface area contributed by atoms with Gasteiger partial charge in [-0.25, -0.2) is 0 Å². The summed E-state index contributed by atoms with van der Waals surface area (Å²) in [7, 11) is 1.26. The highest BCUT2D eigenvalue weighted by atomic mass is 32.2. The molecule has 3 N–H and O–H groups in total. The van der Waals surface area contributed by atoms with Gasteiger partial charge in [-0.1, -0.05) is 5.16 Å². The molecule has 2 aliphatic heterocycles. The van der Waals surface area contributed by atoms with E-state index in [0.717, 1.165) is 30.8 Å². The molecule has 1 fully saturated rings. The Morgan fingerprint density at radius 1 is 1.43 bits per heavy atom. The number of carboxylic acids is 1. The molecule has 0 saturated carbocycles. The van der Waals surface area contributed by atoms with Crippen LogP contribution in [0, 0.1) is 0 Å². The maximum Gasteiger partial charge on any atom is 0.278 e. The lowest BCUT2D eigenvalue weighted by Gasteiger charge is -2.50. The van der Waals surface area contributed by atoms with Gasteiger partial charge in [0.1, 0.15) is 18.5 Å². The SMILES string of the molecule is CO/N=C(\C(=O)N[C@@H]1C(=O)N2C(C(=O)[O-])=C(C[n+]3cccc4c3CCC4)CS[C@H]12)c1nsc(N)n1. The Morgan fingerprint density at radius 3 is 2.97 bits per heavy atom. The highest BCUT2D eigenvalue weighted by Gasteiger charge is 2.53. The van der Waals surface area contributed by atoms with Gasteiger partial charge >= 0.3 is 0 Å². The third-order valence-electron chi connectivity index (χ3n) is 6.08. The van der Waals surface area contributed by atoms with Crippen molar-refractivity contribution in [2.75, 3.05) is 18.6 Å². The highest BCUT2D eigenvalue weighted by molar-refractivity contribution is 8.00. The van der Waals surface area contributed by atoms with Crippen molar-refractivity contribution in [3.05, 3.63) is 46.7 Å². The van der Waals surface area contributed by atoms with E-state index in [4.69, 9.17) is 10.6 Å². The van der Waals surface area contributed by atoms with Gasteiger partial charge in [0.25, 0.3) is 11.8 Å². The van der Waals surface area contributed by atoms with Crippen LogP contribution in [0.2, 0.25) is 0 Å². The monoisotopic (exact) mass is 515 g/mol. The Bertz CT molecular complexity index is 1290. The lowest BCUT2D eigenvalue weighted by molar-refractivity contribution is -0.696. The molecule has 0 unspecified atom stereocenters. The zero-order valence-corrected chi connectivity index (χ0v) is 20.2. The fraction of sp³-hybridized carbons (Fsp3) is 0.381. The number of carbonyl (C=O) groups excluding carboxylic acids is 3. The molecule has 1 aliphatic carbocycles. The van der Waals surface area contributed by atoms with Crippen LogP contribution in [0.15, 0.2) is 34.8 Å². The summed E-state index contributed by atoms with van der Waals surface area (Å²) in [6, 6.07) is 3.09. The molecule has 2 aromatic rings. The van der Waals surface area contributed by atoms with Gasteiger partial charge in [0.15, 0.2) is 23.6 Å². The largest absolute Gasteiger partial charge is 0.543 e. The van der Waals surface area contributed by atoms with Gasteiger partial charge in [-0.2, -0.15) is 13.9 Å². The molecule has 182 valence electrons. The summed E-state index contributed by atoms with van der Waals surface area (Å²) >= 11 is 2.27. The number of oxime groups is 1. The fourth-order valence-corrected chi connectivity index (χ4v) is 6.34. The van der Waals surface area contributed by atoms with E-state index in [2.05, 4.69) is 25.9 Å². The third kappa shape index (κ3) is 4.12. The summed E-state index contributed by atoms with van der Waals surface area (Å²) in [6.07, 6.45) is 4.92. The number of thioether (sulfide) groups is 1. The van der Waals surface area contributed by atoms with Crippen molar-refractivity contribution in [3.8, 4) is 0 Å². The van der Waals surface area contributed by atoms with E-state index in [1.54, 1.807) is 0 Å². The normalized spacial score (nSPS) is 21.3. The second kappa shape index (κ2) is 9.26. The zero-order chi connectivity index (χ0) is 24.7. The van der Waals surface area contributed by atoms with Crippen molar-refractivity contribution in [3.63, 3.8) is 0 Å². The van der Waals surface area contributed by atoms with Crippen molar-refractivity contribution in [1.29, 1.82) is 0 Å². The van der Waals surface area contributed by atoms with Gasteiger partial charge in [-0.05, 0) is 18.9 Å². The summed E-state index contributed by atoms with van der Waals surface area (Å²) in [5, 5.41) is 17.9. The Hall–Kier alpha value is -3.52. The fourth-order valence-electron chi connectivity index (χ4n) is 4.57.